The molecule has 1 N–H and O–H groups in total. The highest BCUT2D eigenvalue weighted by Gasteiger charge is 2.18. The van der Waals surface area contributed by atoms with E-state index in [1.165, 1.54) is 5.56 Å². The van der Waals surface area contributed by atoms with E-state index in [9.17, 15) is 4.79 Å². The van der Waals surface area contributed by atoms with Gasteiger partial charge in [-0.2, -0.15) is 5.10 Å². The summed E-state index contributed by atoms with van der Waals surface area (Å²) in [5.74, 6) is 0.742. The van der Waals surface area contributed by atoms with E-state index in [4.69, 9.17) is 16.3 Å². The molecule has 0 radical (unpaired) electrons. The van der Waals surface area contributed by atoms with Crippen LogP contribution in [0.25, 0.3) is 0 Å². The number of hydrogen-bond donors (Lipinski definition) is 1. The molecular formula is C16H18ClN3O2S. The number of aromatic nitrogens is 2. The Balaban J connectivity index is 2.07. The number of rotatable bonds is 6. The summed E-state index contributed by atoms with van der Waals surface area (Å²) < 4.78 is 6.68. The van der Waals surface area contributed by atoms with Crippen molar-refractivity contribution < 1.29 is 9.53 Å². The van der Waals surface area contributed by atoms with Gasteiger partial charge in [-0.15, -0.1) is 0 Å². The number of hydrogen-bond acceptors (Lipinski definition) is 4. The number of aryl methyl sites for hydroxylation is 1. The van der Waals surface area contributed by atoms with E-state index in [1.54, 1.807) is 30.4 Å². The second kappa shape index (κ2) is 8.08. The van der Waals surface area contributed by atoms with Crippen LogP contribution < -0.4 is 5.32 Å². The lowest BCUT2D eigenvalue weighted by Crippen LogP contribution is -2.15. The van der Waals surface area contributed by atoms with Gasteiger partial charge < -0.3 is 4.74 Å². The summed E-state index contributed by atoms with van der Waals surface area (Å²) in [6, 6.07) is 10.0. The van der Waals surface area contributed by atoms with Crippen molar-refractivity contribution in [3.63, 3.8) is 0 Å². The number of amides is 1. The summed E-state index contributed by atoms with van der Waals surface area (Å²) in [5.41, 5.74) is 2.39. The number of halogens is 1. The number of nitrogens with one attached hydrogen (secondary N) is 1. The van der Waals surface area contributed by atoms with Crippen molar-refractivity contribution in [2.45, 2.75) is 17.7 Å². The summed E-state index contributed by atoms with van der Waals surface area (Å²) in [7, 11) is 1.78. The molecule has 0 aliphatic carbocycles. The maximum absolute atomic E-state index is 11.8. The van der Waals surface area contributed by atoms with Crippen molar-refractivity contribution in [2.75, 3.05) is 11.9 Å². The minimum absolute atomic E-state index is 0.163. The number of carbonyl (C=O) groups excluding carboxylic acids is 1. The largest absolute Gasteiger partial charge is 0.445 e. The standard InChI is InChI=1S/C16H18ClN3O2S/c1-11(2)9-22-16(21)18-13-14(17)19-20(3)15(13)23-10-12-7-5-4-6-8-12/h4-8H,1,9-10H2,2-3H3,(H,18,21). The minimum Gasteiger partial charge on any atom is -0.445 e. The van der Waals surface area contributed by atoms with Crippen molar-refractivity contribution in [1.29, 1.82) is 0 Å². The Kier molecular flexibility index (Phi) is 6.12. The Bertz CT molecular complexity index is 701. The van der Waals surface area contributed by atoms with Gasteiger partial charge in [0.1, 0.15) is 17.3 Å². The highest BCUT2D eigenvalue weighted by atomic mass is 35.5. The van der Waals surface area contributed by atoms with Crippen LogP contribution in [0.5, 0.6) is 0 Å². The van der Waals surface area contributed by atoms with E-state index in [1.807, 2.05) is 30.3 Å². The van der Waals surface area contributed by atoms with Crippen LogP contribution in [0.1, 0.15) is 12.5 Å². The molecule has 0 fully saturated rings. The van der Waals surface area contributed by atoms with Crippen molar-refractivity contribution in [3.05, 3.63) is 53.2 Å². The second-order valence-electron chi connectivity index (χ2n) is 5.03. The average Bonchev–Trinajstić information content (AvgIpc) is 2.78. The lowest BCUT2D eigenvalue weighted by Gasteiger charge is -2.09. The van der Waals surface area contributed by atoms with E-state index in [0.29, 0.717) is 5.69 Å². The molecule has 1 heterocycles. The van der Waals surface area contributed by atoms with Crippen LogP contribution in [-0.2, 0) is 17.5 Å². The molecule has 1 aromatic carbocycles. The summed E-state index contributed by atoms with van der Waals surface area (Å²) >= 11 is 7.65. The summed E-state index contributed by atoms with van der Waals surface area (Å²) in [4.78, 5) is 11.8. The van der Waals surface area contributed by atoms with Crippen molar-refractivity contribution >= 4 is 35.1 Å². The van der Waals surface area contributed by atoms with Gasteiger partial charge >= 0.3 is 6.09 Å². The predicted molar refractivity (Wildman–Crippen MR) is 94.0 cm³/mol. The third kappa shape index (κ3) is 5.04. The molecule has 0 saturated carbocycles. The molecule has 0 bridgehead atoms. The van der Waals surface area contributed by atoms with Crippen LogP contribution in [0, 0.1) is 0 Å². The van der Waals surface area contributed by atoms with E-state index in [0.717, 1.165) is 16.4 Å². The van der Waals surface area contributed by atoms with E-state index in [-0.39, 0.29) is 11.8 Å². The van der Waals surface area contributed by atoms with E-state index >= 15 is 0 Å². The normalized spacial score (nSPS) is 10.4. The molecule has 0 atom stereocenters. The second-order valence-corrected chi connectivity index (χ2v) is 6.35. The van der Waals surface area contributed by atoms with Gasteiger partial charge in [0.15, 0.2) is 5.15 Å². The van der Waals surface area contributed by atoms with Crippen molar-refractivity contribution in [1.82, 2.24) is 9.78 Å². The van der Waals surface area contributed by atoms with E-state index < -0.39 is 6.09 Å². The first-order valence-electron chi connectivity index (χ1n) is 6.94. The van der Waals surface area contributed by atoms with Crippen LogP contribution in [0.4, 0.5) is 10.5 Å². The third-order valence-electron chi connectivity index (χ3n) is 2.85. The van der Waals surface area contributed by atoms with Crippen LogP contribution in [0.2, 0.25) is 5.15 Å². The third-order valence-corrected chi connectivity index (χ3v) is 4.33. The molecular weight excluding hydrogens is 334 g/mol. The van der Waals surface area contributed by atoms with Crippen molar-refractivity contribution in [2.24, 2.45) is 7.05 Å². The Morgan fingerprint density at radius 1 is 1.43 bits per heavy atom. The Labute approximate surface area is 144 Å². The Morgan fingerprint density at radius 2 is 2.13 bits per heavy atom. The average molecular weight is 352 g/mol. The smallest absolute Gasteiger partial charge is 0.412 e. The number of ether oxygens (including phenoxy) is 1. The Hall–Kier alpha value is -1.92. The van der Waals surface area contributed by atoms with Gasteiger partial charge in [-0.1, -0.05) is 60.3 Å². The number of nitrogens with zero attached hydrogens (tertiary/aromatic N) is 2. The molecule has 0 saturated heterocycles. The zero-order chi connectivity index (χ0) is 16.8. The molecule has 0 aliphatic heterocycles. The number of anilines is 1. The summed E-state index contributed by atoms with van der Waals surface area (Å²) in [6.07, 6.45) is -0.579. The highest BCUT2D eigenvalue weighted by Crippen LogP contribution is 2.34. The molecule has 5 nitrogen and oxygen atoms in total. The summed E-state index contributed by atoms with van der Waals surface area (Å²) in [6.45, 7) is 5.63. The molecule has 122 valence electrons. The summed E-state index contributed by atoms with van der Waals surface area (Å²) in [5, 5.41) is 7.80. The first kappa shape index (κ1) is 17.4. The molecule has 0 spiro atoms. The van der Waals surface area contributed by atoms with Gasteiger partial charge in [-0.25, -0.2) is 4.79 Å². The fourth-order valence-electron chi connectivity index (χ4n) is 1.80. The molecule has 2 aromatic rings. The monoisotopic (exact) mass is 351 g/mol. The molecule has 0 aliphatic rings. The van der Waals surface area contributed by atoms with Crippen LogP contribution in [0.3, 0.4) is 0 Å². The Morgan fingerprint density at radius 3 is 2.78 bits per heavy atom. The van der Waals surface area contributed by atoms with Gasteiger partial charge in [-0.3, -0.25) is 10.00 Å². The van der Waals surface area contributed by atoms with Gasteiger partial charge in [0.25, 0.3) is 0 Å². The van der Waals surface area contributed by atoms with E-state index in [2.05, 4.69) is 17.0 Å². The highest BCUT2D eigenvalue weighted by molar-refractivity contribution is 7.98. The quantitative estimate of drug-likeness (QED) is 0.615. The topological polar surface area (TPSA) is 56.1 Å². The van der Waals surface area contributed by atoms with Gasteiger partial charge in [-0.05, 0) is 18.1 Å². The van der Waals surface area contributed by atoms with Gasteiger partial charge in [0, 0.05) is 12.8 Å². The van der Waals surface area contributed by atoms with Crippen LogP contribution in [0.15, 0.2) is 47.5 Å². The first-order chi connectivity index (χ1) is 11.0. The molecule has 0 unspecified atom stereocenters. The molecule has 23 heavy (non-hydrogen) atoms. The fourth-order valence-corrected chi connectivity index (χ4v) is 3.12. The zero-order valence-corrected chi connectivity index (χ0v) is 14.6. The lowest BCUT2D eigenvalue weighted by molar-refractivity contribution is 0.171. The predicted octanol–water partition coefficient (Wildman–Crippen LogP) is 4.49. The minimum atomic E-state index is -0.579. The maximum Gasteiger partial charge on any atom is 0.412 e. The fraction of sp³-hybridized carbons (Fsp3) is 0.250. The molecule has 2 rings (SSSR count). The lowest BCUT2D eigenvalue weighted by atomic mass is 10.2. The number of thioether (sulfide) groups is 1. The SMILES string of the molecule is C=C(C)COC(=O)Nc1c(Cl)nn(C)c1SCc1ccccc1. The molecule has 7 heteroatoms. The molecule has 1 aromatic heterocycles. The first-order valence-corrected chi connectivity index (χ1v) is 8.31. The van der Waals surface area contributed by atoms with Gasteiger partial charge in [0.05, 0.1) is 0 Å². The zero-order valence-electron chi connectivity index (χ0n) is 13.0. The maximum atomic E-state index is 11.8. The van der Waals surface area contributed by atoms with Crippen LogP contribution in [-0.4, -0.2) is 22.5 Å². The number of carbonyl (C=O) groups is 1. The molecule has 1 amide bonds. The number of benzene rings is 1. The van der Waals surface area contributed by atoms with Crippen LogP contribution >= 0.6 is 23.4 Å². The van der Waals surface area contributed by atoms with Gasteiger partial charge in [0.2, 0.25) is 0 Å². The van der Waals surface area contributed by atoms with Crippen molar-refractivity contribution in [3.8, 4) is 0 Å².